The van der Waals surface area contributed by atoms with E-state index in [-0.39, 0.29) is 0 Å². The second-order valence-electron chi connectivity index (χ2n) is 18.3. The zero-order valence-corrected chi connectivity index (χ0v) is 39.6. The number of aromatic nitrogens is 1. The third-order valence-corrected chi connectivity index (χ3v) is 19.3. The number of furan rings is 1. The summed E-state index contributed by atoms with van der Waals surface area (Å²) in [5.74, 6) is 0. The molecular weight excluding hydrogens is 865 g/mol. The maximum atomic E-state index is 6.40. The summed E-state index contributed by atoms with van der Waals surface area (Å²) in [6.45, 7) is 0.751. The predicted octanol–water partition coefficient (Wildman–Crippen LogP) is 14.3. The van der Waals surface area contributed by atoms with Crippen LogP contribution in [0.15, 0.2) is 271 Å². The fraction of sp³-hybridized carbons (Fsp3) is 0.0303. The summed E-state index contributed by atoms with van der Waals surface area (Å²) in [6, 6.07) is 98.2. The molecule has 0 atom stereocenters. The minimum absolute atomic E-state index is 0.751. The highest BCUT2D eigenvalue weighted by atomic mass is 28.3. The molecule has 13 rings (SSSR count). The van der Waals surface area contributed by atoms with E-state index in [9.17, 15) is 0 Å². The molecule has 0 unspecified atom stereocenters. The summed E-state index contributed by atoms with van der Waals surface area (Å²) in [6.07, 6.45) is 0.831. The van der Waals surface area contributed by atoms with Crippen molar-refractivity contribution >= 4 is 94.7 Å². The van der Waals surface area contributed by atoms with E-state index in [0.29, 0.717) is 0 Å². The Morgan fingerprint density at radius 3 is 1.66 bits per heavy atom. The van der Waals surface area contributed by atoms with Gasteiger partial charge in [0.2, 0.25) is 0 Å². The Morgan fingerprint density at radius 1 is 0.400 bits per heavy atom. The molecule has 332 valence electrons. The lowest BCUT2D eigenvalue weighted by molar-refractivity contribution is 0.669. The largest absolute Gasteiger partial charge is 0.456 e. The smallest absolute Gasteiger partial charge is 0.179 e. The average Bonchev–Trinajstić information content (AvgIpc) is 3.98. The van der Waals surface area contributed by atoms with Gasteiger partial charge in [0, 0.05) is 44.7 Å². The third-order valence-electron chi connectivity index (χ3n) is 14.5. The maximum absolute atomic E-state index is 6.40. The van der Waals surface area contributed by atoms with E-state index in [0.717, 1.165) is 40.6 Å². The molecule has 0 aliphatic heterocycles. The molecule has 0 aliphatic rings. The van der Waals surface area contributed by atoms with Gasteiger partial charge in [-0.1, -0.05) is 224 Å². The molecule has 70 heavy (non-hydrogen) atoms. The van der Waals surface area contributed by atoms with Crippen LogP contribution in [0.4, 0.5) is 11.4 Å². The lowest BCUT2D eigenvalue weighted by atomic mass is 9.98. The molecule has 2 heterocycles. The van der Waals surface area contributed by atoms with Crippen LogP contribution in [-0.2, 0) is 6.42 Å². The van der Waals surface area contributed by atoms with Crippen molar-refractivity contribution in [1.29, 1.82) is 0 Å². The van der Waals surface area contributed by atoms with Crippen molar-refractivity contribution < 1.29 is 4.42 Å². The molecule has 0 spiro atoms. The van der Waals surface area contributed by atoms with Gasteiger partial charge in [-0.25, -0.2) is 0 Å². The third kappa shape index (κ3) is 6.87. The van der Waals surface area contributed by atoms with Crippen LogP contribution < -0.4 is 25.6 Å². The lowest BCUT2D eigenvalue weighted by Gasteiger charge is -2.34. The Bertz CT molecular complexity index is 3900. The molecule has 13 aromatic rings. The van der Waals surface area contributed by atoms with E-state index in [1.54, 1.807) is 0 Å². The van der Waals surface area contributed by atoms with Crippen molar-refractivity contribution in [2.75, 3.05) is 11.4 Å². The molecule has 0 radical (unpaired) electrons. The Kier molecular flexibility index (Phi) is 10.3. The molecule has 3 nitrogen and oxygen atoms in total. The van der Waals surface area contributed by atoms with Gasteiger partial charge in [0.25, 0.3) is 0 Å². The molecule has 0 saturated carbocycles. The topological polar surface area (TPSA) is 21.3 Å². The number of hydrogen-bond donors (Lipinski definition) is 0. The normalized spacial score (nSPS) is 11.8. The van der Waals surface area contributed by atoms with Gasteiger partial charge in [0.05, 0.1) is 22.4 Å². The first-order chi connectivity index (χ1) is 34.7. The van der Waals surface area contributed by atoms with Gasteiger partial charge in [-0.2, -0.15) is 0 Å². The maximum Gasteiger partial charge on any atom is 0.179 e. The number of nitrogens with zero attached hydrogens (tertiary/aromatic N) is 2. The van der Waals surface area contributed by atoms with E-state index < -0.39 is 8.07 Å². The first kappa shape index (κ1) is 41.5. The highest BCUT2D eigenvalue weighted by molar-refractivity contribution is 7.19. The first-order valence-corrected chi connectivity index (χ1v) is 26.3. The van der Waals surface area contributed by atoms with E-state index in [1.807, 2.05) is 6.07 Å². The van der Waals surface area contributed by atoms with Crippen molar-refractivity contribution in [2.24, 2.45) is 0 Å². The van der Waals surface area contributed by atoms with Crippen LogP contribution in [0.1, 0.15) is 5.56 Å². The molecule has 0 saturated heterocycles. The molecule has 0 N–H and O–H groups in total. The fourth-order valence-electron chi connectivity index (χ4n) is 11.3. The molecule has 0 amide bonds. The second-order valence-corrected chi connectivity index (χ2v) is 22.1. The molecule has 11 aromatic carbocycles. The van der Waals surface area contributed by atoms with Crippen LogP contribution in [0.3, 0.4) is 0 Å². The van der Waals surface area contributed by atoms with E-state index >= 15 is 0 Å². The van der Waals surface area contributed by atoms with Crippen molar-refractivity contribution in [3.63, 3.8) is 0 Å². The quantitative estimate of drug-likeness (QED) is 0.0952. The summed E-state index contributed by atoms with van der Waals surface area (Å²) in [7, 11) is -2.66. The van der Waals surface area contributed by atoms with Crippen LogP contribution in [0.2, 0.25) is 0 Å². The van der Waals surface area contributed by atoms with Crippen molar-refractivity contribution in [1.82, 2.24) is 4.57 Å². The summed E-state index contributed by atoms with van der Waals surface area (Å²) in [5, 5.41) is 12.6. The van der Waals surface area contributed by atoms with Gasteiger partial charge in [0.15, 0.2) is 8.07 Å². The Balaban J connectivity index is 0.983. The Labute approximate surface area is 408 Å². The molecule has 0 bridgehead atoms. The zero-order chi connectivity index (χ0) is 46.4. The summed E-state index contributed by atoms with van der Waals surface area (Å²) in [4.78, 5) is 2.55. The van der Waals surface area contributed by atoms with Gasteiger partial charge in [-0.3, -0.25) is 0 Å². The highest BCUT2D eigenvalue weighted by Crippen LogP contribution is 2.44. The van der Waals surface area contributed by atoms with Gasteiger partial charge >= 0.3 is 0 Å². The number of rotatable bonds is 11. The average molecular weight is 913 g/mol. The molecule has 0 fully saturated rings. The monoisotopic (exact) mass is 912 g/mol. The van der Waals surface area contributed by atoms with Gasteiger partial charge in [0.1, 0.15) is 11.2 Å². The van der Waals surface area contributed by atoms with Gasteiger partial charge in [-0.05, 0) is 86.1 Å². The van der Waals surface area contributed by atoms with Crippen molar-refractivity contribution in [3.8, 4) is 16.8 Å². The number of fused-ring (bicyclic) bond motifs is 7. The minimum atomic E-state index is -2.66. The van der Waals surface area contributed by atoms with E-state index in [1.165, 1.54) is 81.4 Å². The predicted molar refractivity (Wildman–Crippen MR) is 298 cm³/mol. The summed E-state index contributed by atoms with van der Waals surface area (Å²) in [5.41, 5.74) is 11.3. The van der Waals surface area contributed by atoms with Crippen molar-refractivity contribution in [2.45, 2.75) is 6.42 Å². The highest BCUT2D eigenvalue weighted by Gasteiger charge is 2.41. The molecule has 2 aromatic heterocycles. The SMILES string of the molecule is c1ccc(-c2ccc3ccccc3c2-n2c3ccccc3c3c(N(CCc4ccc([Si](c5ccccc5)(c5ccccc5)c5ccccc5)cc4)c4ccc5oc6ccccc6c5c4)cccc32)cc1. The number of benzene rings is 11. The molecular formula is C66H48N2OSi. The summed E-state index contributed by atoms with van der Waals surface area (Å²) >= 11 is 0. The van der Waals surface area contributed by atoms with Crippen LogP contribution in [0, 0.1) is 0 Å². The standard InChI is InChI=1S/C66H48N2OSi/c1-5-20-48(21-6-1)56-42-38-49-22-13-14-29-55(49)66(56)68-60-32-17-15-31-58(60)65-61(33-19-34-62(65)68)67(50-39-43-64-59(46-50)57-30-16-18-35-63(57)69-64)45-44-47-36-40-54(41-37-47)70(51-23-7-2-8-24-51,52-25-9-3-10-26-52)53-27-11-4-12-28-53/h1-43,46H,44-45H2. The molecule has 4 heteroatoms. The Morgan fingerprint density at radius 2 is 0.957 bits per heavy atom. The van der Waals surface area contributed by atoms with Crippen LogP contribution in [0.25, 0.3) is 71.3 Å². The fourth-order valence-corrected chi connectivity index (χ4v) is 16.1. The number of hydrogen-bond acceptors (Lipinski definition) is 2. The summed E-state index contributed by atoms with van der Waals surface area (Å²) < 4.78 is 8.92. The van der Waals surface area contributed by atoms with E-state index in [2.05, 4.69) is 270 Å². The second kappa shape index (κ2) is 17.4. The lowest BCUT2D eigenvalue weighted by Crippen LogP contribution is -2.74. The Hall–Kier alpha value is -8.70. The first-order valence-electron chi connectivity index (χ1n) is 24.3. The van der Waals surface area contributed by atoms with Crippen LogP contribution in [-0.4, -0.2) is 19.2 Å². The van der Waals surface area contributed by atoms with Crippen LogP contribution >= 0.6 is 0 Å². The van der Waals surface area contributed by atoms with Gasteiger partial charge in [-0.15, -0.1) is 0 Å². The molecule has 0 aliphatic carbocycles. The van der Waals surface area contributed by atoms with Crippen LogP contribution in [0.5, 0.6) is 0 Å². The van der Waals surface area contributed by atoms with E-state index in [4.69, 9.17) is 4.42 Å². The zero-order valence-electron chi connectivity index (χ0n) is 38.6. The van der Waals surface area contributed by atoms with Crippen molar-refractivity contribution in [3.05, 3.63) is 272 Å². The number of anilines is 2. The van der Waals surface area contributed by atoms with Gasteiger partial charge < -0.3 is 13.9 Å². The number of para-hydroxylation sites is 2. The minimum Gasteiger partial charge on any atom is -0.456 e.